The summed E-state index contributed by atoms with van der Waals surface area (Å²) >= 11 is 0. The van der Waals surface area contributed by atoms with Crippen molar-refractivity contribution in [1.29, 1.82) is 0 Å². The van der Waals surface area contributed by atoms with E-state index >= 15 is 0 Å². The van der Waals surface area contributed by atoms with Gasteiger partial charge in [0.2, 0.25) is 0 Å². The number of halogens is 2. The monoisotopic (exact) mass is 245 g/mol. The van der Waals surface area contributed by atoms with Gasteiger partial charge in [0.15, 0.2) is 0 Å². The van der Waals surface area contributed by atoms with Gasteiger partial charge in [-0.25, -0.2) is 4.39 Å². The van der Waals surface area contributed by atoms with Gasteiger partial charge in [0.05, 0.1) is 12.1 Å². The van der Waals surface area contributed by atoms with Crippen LogP contribution >= 0.6 is 12.4 Å². The van der Waals surface area contributed by atoms with Gasteiger partial charge in [-0.3, -0.25) is 0 Å². The number of aliphatic hydroxyl groups is 1. The first-order chi connectivity index (χ1) is 7.09. The van der Waals surface area contributed by atoms with Gasteiger partial charge in [0.1, 0.15) is 5.82 Å². The third-order valence-electron chi connectivity index (χ3n) is 2.99. The van der Waals surface area contributed by atoms with E-state index in [1.54, 1.807) is 6.07 Å². The lowest BCUT2D eigenvalue weighted by Gasteiger charge is -2.19. The molecule has 0 saturated heterocycles. The summed E-state index contributed by atoms with van der Waals surface area (Å²) in [6.07, 6.45) is 1.40. The third kappa shape index (κ3) is 2.73. The van der Waals surface area contributed by atoms with Gasteiger partial charge in [-0.15, -0.1) is 12.4 Å². The number of hydrogen-bond donors (Lipinski definition) is 2. The fourth-order valence-corrected chi connectivity index (χ4v) is 1.82. The second-order valence-corrected chi connectivity index (χ2v) is 4.38. The summed E-state index contributed by atoms with van der Waals surface area (Å²) in [5.74, 6) is -0.0529. The summed E-state index contributed by atoms with van der Waals surface area (Å²) < 4.78 is 13.6. The molecular weight excluding hydrogens is 229 g/mol. The average Bonchev–Trinajstić information content (AvgIpc) is 2.99. The lowest BCUT2D eigenvalue weighted by Crippen LogP contribution is -2.28. The van der Waals surface area contributed by atoms with Gasteiger partial charge >= 0.3 is 0 Å². The summed E-state index contributed by atoms with van der Waals surface area (Å²) in [7, 11) is 0. The zero-order valence-corrected chi connectivity index (χ0v) is 10.0. The fraction of sp³-hybridized carbons (Fsp3) is 0.500. The van der Waals surface area contributed by atoms with Gasteiger partial charge in [-0.2, -0.15) is 0 Å². The number of benzene rings is 1. The quantitative estimate of drug-likeness (QED) is 0.859. The molecule has 2 nitrogen and oxygen atoms in total. The van der Waals surface area contributed by atoms with Gasteiger partial charge in [0, 0.05) is 5.56 Å². The lowest BCUT2D eigenvalue weighted by molar-refractivity contribution is 0.121. The molecule has 90 valence electrons. The minimum Gasteiger partial charge on any atom is -0.391 e. The van der Waals surface area contributed by atoms with E-state index in [1.807, 2.05) is 13.0 Å². The molecule has 1 aromatic rings. The molecule has 3 N–H and O–H groups in total. The fourth-order valence-electron chi connectivity index (χ4n) is 1.82. The molecule has 0 aliphatic heterocycles. The number of aryl methyl sites for hydroxylation is 1. The largest absolute Gasteiger partial charge is 0.391 e. The summed E-state index contributed by atoms with van der Waals surface area (Å²) in [4.78, 5) is 0. The van der Waals surface area contributed by atoms with Crippen molar-refractivity contribution >= 4 is 12.4 Å². The topological polar surface area (TPSA) is 46.2 Å². The Morgan fingerprint density at radius 3 is 2.56 bits per heavy atom. The molecule has 1 saturated carbocycles. The minimum absolute atomic E-state index is 0. The molecule has 4 heteroatoms. The predicted octanol–water partition coefficient (Wildman–Crippen LogP) is 2.33. The smallest absolute Gasteiger partial charge is 0.128 e. The Hall–Kier alpha value is -0.640. The first-order valence-electron chi connectivity index (χ1n) is 5.29. The van der Waals surface area contributed by atoms with Crippen LogP contribution in [0.2, 0.25) is 0 Å². The van der Waals surface area contributed by atoms with Gasteiger partial charge in [-0.1, -0.05) is 12.1 Å². The first-order valence-corrected chi connectivity index (χ1v) is 5.29. The number of nitrogens with two attached hydrogens (primary N) is 1. The molecule has 0 amide bonds. The molecule has 16 heavy (non-hydrogen) atoms. The molecule has 1 aliphatic rings. The standard InChI is InChI=1S/C12H16FNO.ClH/c1-7-2-5-9(10(13)6-7)11(14)12(15)8-3-4-8;/h2,5-6,8,11-12,15H,3-4,14H2,1H3;1H/t11-,12+;/m0./s1. The maximum atomic E-state index is 13.6. The Bertz CT molecular complexity index is 368. The van der Waals surface area contributed by atoms with Crippen LogP contribution in [0, 0.1) is 18.7 Å². The molecule has 1 fully saturated rings. The minimum atomic E-state index is -0.609. The Balaban J connectivity index is 0.00000128. The van der Waals surface area contributed by atoms with Crippen molar-refractivity contribution in [1.82, 2.24) is 0 Å². The lowest BCUT2D eigenvalue weighted by atomic mass is 9.98. The zero-order chi connectivity index (χ0) is 11.0. The van der Waals surface area contributed by atoms with Crippen molar-refractivity contribution in [2.24, 2.45) is 11.7 Å². The van der Waals surface area contributed by atoms with Crippen LogP contribution in [0.5, 0.6) is 0 Å². The number of rotatable bonds is 3. The molecule has 0 radical (unpaired) electrons. The predicted molar refractivity (Wildman–Crippen MR) is 64.0 cm³/mol. The van der Waals surface area contributed by atoms with Gasteiger partial charge in [-0.05, 0) is 37.3 Å². The molecule has 1 aliphatic carbocycles. The van der Waals surface area contributed by atoms with Crippen molar-refractivity contribution in [3.05, 3.63) is 35.1 Å². The van der Waals surface area contributed by atoms with E-state index in [0.717, 1.165) is 18.4 Å². The Morgan fingerprint density at radius 1 is 1.44 bits per heavy atom. The van der Waals surface area contributed by atoms with Crippen LogP contribution < -0.4 is 5.73 Å². The molecule has 2 rings (SSSR count). The third-order valence-corrected chi connectivity index (χ3v) is 2.99. The second kappa shape index (κ2) is 5.13. The van der Waals surface area contributed by atoms with Crippen LogP contribution in [0.1, 0.15) is 30.0 Å². The average molecular weight is 246 g/mol. The van der Waals surface area contributed by atoms with E-state index in [0.29, 0.717) is 5.56 Å². The molecule has 0 bridgehead atoms. The van der Waals surface area contributed by atoms with Gasteiger partial charge in [0.25, 0.3) is 0 Å². The van der Waals surface area contributed by atoms with E-state index in [2.05, 4.69) is 0 Å². The Labute approximate surface area is 101 Å². The Morgan fingerprint density at radius 2 is 2.06 bits per heavy atom. The van der Waals surface area contributed by atoms with E-state index in [-0.39, 0.29) is 24.1 Å². The van der Waals surface area contributed by atoms with Crippen LogP contribution in [-0.4, -0.2) is 11.2 Å². The molecule has 0 spiro atoms. The van der Waals surface area contributed by atoms with Crippen molar-refractivity contribution < 1.29 is 9.50 Å². The highest BCUT2D eigenvalue weighted by atomic mass is 35.5. The summed E-state index contributed by atoms with van der Waals surface area (Å²) in [5.41, 5.74) is 7.12. The van der Waals surface area contributed by atoms with E-state index in [1.165, 1.54) is 6.07 Å². The van der Waals surface area contributed by atoms with Crippen molar-refractivity contribution in [2.45, 2.75) is 31.9 Å². The molecular formula is C12H17ClFNO. The first kappa shape index (κ1) is 13.4. The van der Waals surface area contributed by atoms with Crippen molar-refractivity contribution in [2.75, 3.05) is 0 Å². The normalized spacial score (nSPS) is 18.8. The summed E-state index contributed by atoms with van der Waals surface area (Å²) in [6.45, 7) is 1.83. The van der Waals surface area contributed by atoms with Crippen molar-refractivity contribution in [3.8, 4) is 0 Å². The Kier molecular flexibility index (Phi) is 4.30. The van der Waals surface area contributed by atoms with Crippen LogP contribution in [-0.2, 0) is 0 Å². The maximum Gasteiger partial charge on any atom is 0.128 e. The number of aliphatic hydroxyl groups excluding tert-OH is 1. The van der Waals surface area contributed by atoms with E-state index in [4.69, 9.17) is 5.73 Å². The summed E-state index contributed by atoms with van der Waals surface area (Å²) in [6, 6.07) is 4.34. The van der Waals surface area contributed by atoms with Crippen LogP contribution in [0.15, 0.2) is 18.2 Å². The van der Waals surface area contributed by atoms with Gasteiger partial charge < -0.3 is 10.8 Å². The maximum absolute atomic E-state index is 13.6. The van der Waals surface area contributed by atoms with Crippen LogP contribution in [0.3, 0.4) is 0 Å². The zero-order valence-electron chi connectivity index (χ0n) is 9.19. The summed E-state index contributed by atoms with van der Waals surface area (Å²) in [5, 5.41) is 9.81. The molecule has 0 aromatic heterocycles. The van der Waals surface area contributed by atoms with E-state index < -0.39 is 12.1 Å². The molecule has 0 heterocycles. The number of hydrogen-bond acceptors (Lipinski definition) is 2. The SMILES string of the molecule is Cc1ccc([C@H](N)[C@H](O)C2CC2)c(F)c1.Cl. The second-order valence-electron chi connectivity index (χ2n) is 4.38. The van der Waals surface area contributed by atoms with Crippen molar-refractivity contribution in [3.63, 3.8) is 0 Å². The van der Waals surface area contributed by atoms with Crippen LogP contribution in [0.4, 0.5) is 4.39 Å². The highest BCUT2D eigenvalue weighted by Crippen LogP contribution is 2.37. The molecule has 1 aromatic carbocycles. The van der Waals surface area contributed by atoms with E-state index in [9.17, 15) is 9.50 Å². The molecule has 2 atom stereocenters. The van der Waals surface area contributed by atoms with Crippen LogP contribution in [0.25, 0.3) is 0 Å². The highest BCUT2D eigenvalue weighted by molar-refractivity contribution is 5.85. The highest BCUT2D eigenvalue weighted by Gasteiger charge is 2.35. The molecule has 0 unspecified atom stereocenters.